The second-order valence-electron chi connectivity index (χ2n) is 5.08. The molecule has 0 unspecified atom stereocenters. The van der Waals surface area contributed by atoms with Crippen molar-refractivity contribution in [1.29, 1.82) is 0 Å². The molecule has 0 aliphatic carbocycles. The van der Waals surface area contributed by atoms with Gasteiger partial charge in [0.25, 0.3) is 5.91 Å². The number of para-hydroxylation sites is 3. The summed E-state index contributed by atoms with van der Waals surface area (Å²) in [6.45, 7) is 0. The number of aryl methyl sites for hydroxylation is 1. The fourth-order valence-corrected chi connectivity index (χ4v) is 2.70. The third kappa shape index (κ3) is 1.76. The molecule has 4 heteroatoms. The molecule has 0 bridgehead atoms. The number of amides is 1. The van der Waals surface area contributed by atoms with E-state index in [2.05, 4.69) is 10.3 Å². The van der Waals surface area contributed by atoms with Crippen LogP contribution in [-0.2, 0) is 11.8 Å². The smallest absolute Gasteiger partial charge is 0.256 e. The lowest BCUT2D eigenvalue weighted by molar-refractivity contribution is -0.110. The molecule has 2 aromatic carbocycles. The number of aromatic nitrogens is 2. The first-order chi connectivity index (χ1) is 10.2. The summed E-state index contributed by atoms with van der Waals surface area (Å²) in [6.07, 6.45) is 1.85. The molecule has 21 heavy (non-hydrogen) atoms. The Labute approximate surface area is 121 Å². The highest BCUT2D eigenvalue weighted by atomic mass is 16.2. The van der Waals surface area contributed by atoms with Gasteiger partial charge in [-0.3, -0.25) is 4.79 Å². The van der Waals surface area contributed by atoms with E-state index in [1.807, 2.05) is 66.2 Å². The van der Waals surface area contributed by atoms with Crippen LogP contribution in [0.15, 0.2) is 48.5 Å². The number of imidazole rings is 1. The largest absolute Gasteiger partial charge is 0.328 e. The number of hydrogen-bond acceptors (Lipinski definition) is 2. The van der Waals surface area contributed by atoms with Gasteiger partial charge in [0.15, 0.2) is 0 Å². The molecule has 0 spiro atoms. The van der Waals surface area contributed by atoms with Crippen molar-refractivity contribution < 1.29 is 4.79 Å². The van der Waals surface area contributed by atoms with Crippen LogP contribution in [0, 0.1) is 0 Å². The minimum Gasteiger partial charge on any atom is -0.328 e. The average Bonchev–Trinajstić information content (AvgIpc) is 2.99. The fourth-order valence-electron chi connectivity index (χ4n) is 2.70. The highest BCUT2D eigenvalue weighted by molar-refractivity contribution is 6.34. The Balaban J connectivity index is 1.91. The van der Waals surface area contributed by atoms with Crippen molar-refractivity contribution in [3.63, 3.8) is 0 Å². The van der Waals surface area contributed by atoms with Crippen LogP contribution in [0.25, 0.3) is 22.7 Å². The lowest BCUT2D eigenvalue weighted by Crippen LogP contribution is -2.04. The number of rotatable bonds is 1. The minimum absolute atomic E-state index is 0.0803. The Bertz CT molecular complexity index is 905. The molecule has 0 atom stereocenters. The lowest BCUT2D eigenvalue weighted by Gasteiger charge is -1.99. The van der Waals surface area contributed by atoms with Gasteiger partial charge in [0.2, 0.25) is 0 Å². The normalized spacial score (nSPS) is 15.5. The van der Waals surface area contributed by atoms with E-state index in [-0.39, 0.29) is 5.91 Å². The fraction of sp³-hybridized carbons (Fsp3) is 0.0588. The highest BCUT2D eigenvalue weighted by Crippen LogP contribution is 2.32. The van der Waals surface area contributed by atoms with Crippen LogP contribution in [0.3, 0.4) is 0 Å². The van der Waals surface area contributed by atoms with Crippen molar-refractivity contribution >= 4 is 34.3 Å². The van der Waals surface area contributed by atoms with E-state index in [4.69, 9.17) is 0 Å². The van der Waals surface area contributed by atoms with E-state index in [0.29, 0.717) is 5.57 Å². The van der Waals surface area contributed by atoms with Crippen LogP contribution in [0.1, 0.15) is 11.4 Å². The van der Waals surface area contributed by atoms with Gasteiger partial charge < -0.3 is 9.88 Å². The van der Waals surface area contributed by atoms with Gasteiger partial charge in [-0.15, -0.1) is 0 Å². The van der Waals surface area contributed by atoms with E-state index < -0.39 is 0 Å². The third-order valence-corrected chi connectivity index (χ3v) is 3.81. The van der Waals surface area contributed by atoms with Crippen LogP contribution >= 0.6 is 0 Å². The van der Waals surface area contributed by atoms with Crippen molar-refractivity contribution in [3.05, 3.63) is 59.9 Å². The summed E-state index contributed by atoms with van der Waals surface area (Å²) in [6, 6.07) is 15.6. The highest BCUT2D eigenvalue weighted by Gasteiger charge is 2.24. The van der Waals surface area contributed by atoms with E-state index in [1.165, 1.54) is 0 Å². The number of nitrogens with zero attached hydrogens (tertiary/aromatic N) is 2. The first-order valence-electron chi connectivity index (χ1n) is 6.78. The maximum atomic E-state index is 12.1. The molecular weight excluding hydrogens is 262 g/mol. The van der Waals surface area contributed by atoms with Gasteiger partial charge in [-0.25, -0.2) is 4.98 Å². The van der Waals surface area contributed by atoms with Crippen molar-refractivity contribution in [3.8, 4) is 0 Å². The molecule has 0 saturated carbocycles. The van der Waals surface area contributed by atoms with E-state index >= 15 is 0 Å². The second kappa shape index (κ2) is 4.31. The molecule has 2 heterocycles. The van der Waals surface area contributed by atoms with Crippen LogP contribution in [0.5, 0.6) is 0 Å². The second-order valence-corrected chi connectivity index (χ2v) is 5.08. The lowest BCUT2D eigenvalue weighted by atomic mass is 10.1. The van der Waals surface area contributed by atoms with Crippen molar-refractivity contribution in [2.24, 2.45) is 7.05 Å². The van der Waals surface area contributed by atoms with E-state index in [0.717, 1.165) is 28.1 Å². The van der Waals surface area contributed by atoms with E-state index in [9.17, 15) is 4.79 Å². The van der Waals surface area contributed by atoms with Gasteiger partial charge in [0.05, 0.1) is 16.6 Å². The number of fused-ring (bicyclic) bond motifs is 2. The Morgan fingerprint density at radius 2 is 1.86 bits per heavy atom. The SMILES string of the molecule is Cn1c(/C=C2/C(=O)Nc3ccccc32)nc2ccccc21. The molecule has 102 valence electrons. The summed E-state index contributed by atoms with van der Waals surface area (Å²) in [5, 5.41) is 2.88. The molecular formula is C17H13N3O. The van der Waals surface area contributed by atoms with Crippen molar-refractivity contribution in [2.75, 3.05) is 5.32 Å². The quantitative estimate of drug-likeness (QED) is 0.694. The zero-order valence-electron chi connectivity index (χ0n) is 11.5. The number of anilines is 1. The van der Waals surface area contributed by atoms with Gasteiger partial charge in [-0.2, -0.15) is 0 Å². The standard InChI is InChI=1S/C17H13N3O/c1-20-15-9-5-4-8-14(15)18-16(20)10-12-11-6-2-3-7-13(11)19-17(12)21/h2-10H,1H3,(H,19,21)/b12-10+. The number of hydrogen-bond donors (Lipinski definition) is 1. The molecule has 0 fully saturated rings. The first kappa shape index (κ1) is 11.9. The molecule has 4 nitrogen and oxygen atoms in total. The zero-order chi connectivity index (χ0) is 14.4. The Morgan fingerprint density at radius 3 is 2.71 bits per heavy atom. The van der Waals surface area contributed by atoms with E-state index in [1.54, 1.807) is 0 Å². The summed E-state index contributed by atoms with van der Waals surface area (Å²) >= 11 is 0. The predicted octanol–water partition coefficient (Wildman–Crippen LogP) is 3.07. The van der Waals surface area contributed by atoms with Gasteiger partial charge in [-0.1, -0.05) is 30.3 Å². The molecule has 0 radical (unpaired) electrons. The molecule has 3 aromatic rings. The summed E-state index contributed by atoms with van der Waals surface area (Å²) < 4.78 is 2.00. The van der Waals surface area contributed by atoms with Crippen LogP contribution < -0.4 is 5.32 Å². The summed E-state index contributed by atoms with van der Waals surface area (Å²) in [4.78, 5) is 16.7. The molecule has 0 saturated heterocycles. The molecule has 1 aliphatic rings. The Morgan fingerprint density at radius 1 is 1.10 bits per heavy atom. The molecule has 4 rings (SSSR count). The molecule has 1 aliphatic heterocycles. The van der Waals surface area contributed by atoms with Crippen molar-refractivity contribution in [2.45, 2.75) is 0 Å². The zero-order valence-corrected chi connectivity index (χ0v) is 11.5. The monoisotopic (exact) mass is 275 g/mol. The third-order valence-electron chi connectivity index (χ3n) is 3.81. The van der Waals surface area contributed by atoms with Gasteiger partial charge in [0, 0.05) is 18.3 Å². The Kier molecular flexibility index (Phi) is 2.44. The number of nitrogens with one attached hydrogen (secondary N) is 1. The van der Waals surface area contributed by atoms with Gasteiger partial charge in [0.1, 0.15) is 5.82 Å². The van der Waals surface area contributed by atoms with Crippen LogP contribution in [0.2, 0.25) is 0 Å². The predicted molar refractivity (Wildman–Crippen MR) is 83.7 cm³/mol. The average molecular weight is 275 g/mol. The van der Waals surface area contributed by atoms with Gasteiger partial charge >= 0.3 is 0 Å². The number of carbonyl (C=O) groups excluding carboxylic acids is 1. The Hall–Kier alpha value is -2.88. The number of benzene rings is 2. The first-order valence-corrected chi connectivity index (χ1v) is 6.78. The summed E-state index contributed by atoms with van der Waals surface area (Å²) in [5.74, 6) is 0.696. The molecule has 1 N–H and O–H groups in total. The topological polar surface area (TPSA) is 46.9 Å². The maximum absolute atomic E-state index is 12.1. The maximum Gasteiger partial charge on any atom is 0.256 e. The minimum atomic E-state index is -0.0803. The molecule has 1 amide bonds. The van der Waals surface area contributed by atoms with Crippen molar-refractivity contribution in [1.82, 2.24) is 9.55 Å². The van der Waals surface area contributed by atoms with Gasteiger partial charge in [-0.05, 0) is 24.3 Å². The van der Waals surface area contributed by atoms with Crippen LogP contribution in [0.4, 0.5) is 5.69 Å². The van der Waals surface area contributed by atoms with Crippen LogP contribution in [-0.4, -0.2) is 15.5 Å². The summed E-state index contributed by atoms with van der Waals surface area (Å²) in [5.41, 5.74) is 4.42. The summed E-state index contributed by atoms with van der Waals surface area (Å²) in [7, 11) is 1.96. The number of carbonyl (C=O) groups is 1. The molecule has 1 aromatic heterocycles.